The maximum atomic E-state index is 13.6. The van der Waals surface area contributed by atoms with Crippen LogP contribution in [0.25, 0.3) is 11.2 Å². The maximum Gasteiger partial charge on any atom is 0.332 e. The highest BCUT2D eigenvalue weighted by Crippen LogP contribution is 2.29. The van der Waals surface area contributed by atoms with Gasteiger partial charge in [0.1, 0.15) is 0 Å². The van der Waals surface area contributed by atoms with Gasteiger partial charge in [-0.1, -0.05) is 24.3 Å². The van der Waals surface area contributed by atoms with Crippen molar-refractivity contribution in [3.63, 3.8) is 0 Å². The summed E-state index contributed by atoms with van der Waals surface area (Å²) in [6.45, 7) is 9.65. The monoisotopic (exact) mass is 424 g/mol. The lowest BCUT2D eigenvalue weighted by Crippen LogP contribution is -2.40. The summed E-state index contributed by atoms with van der Waals surface area (Å²) in [5, 5.41) is 6.40. The molecule has 9 heteroatoms. The van der Waals surface area contributed by atoms with Crippen LogP contribution >= 0.6 is 0 Å². The van der Waals surface area contributed by atoms with E-state index in [1.165, 1.54) is 9.13 Å². The predicted molar refractivity (Wildman–Crippen MR) is 121 cm³/mol. The minimum Gasteiger partial charge on any atom is -0.380 e. The molecule has 31 heavy (non-hydrogen) atoms. The summed E-state index contributed by atoms with van der Waals surface area (Å²) >= 11 is 0. The quantitative estimate of drug-likeness (QED) is 0.565. The van der Waals surface area contributed by atoms with Crippen LogP contribution < -0.4 is 16.3 Å². The zero-order valence-corrected chi connectivity index (χ0v) is 18.6. The van der Waals surface area contributed by atoms with Crippen molar-refractivity contribution in [1.29, 1.82) is 0 Å². The smallest absolute Gasteiger partial charge is 0.332 e. The Hall–Kier alpha value is -3.20. The van der Waals surface area contributed by atoms with Gasteiger partial charge in [-0.25, -0.2) is 9.80 Å². The molecule has 164 valence electrons. The largest absolute Gasteiger partial charge is 0.380 e. The first-order chi connectivity index (χ1) is 14.8. The Morgan fingerprint density at radius 1 is 1.16 bits per heavy atom. The molecule has 4 rings (SSSR count). The van der Waals surface area contributed by atoms with Gasteiger partial charge in [0.25, 0.3) is 5.56 Å². The number of anilines is 1. The number of nitrogens with zero attached hydrogens (tertiary/aromatic N) is 6. The Labute approximate surface area is 180 Å². The molecule has 3 aromatic rings. The third-order valence-electron chi connectivity index (χ3n) is 5.90. The van der Waals surface area contributed by atoms with E-state index in [1.54, 1.807) is 12.1 Å². The number of ether oxygens (including phenoxy) is 1. The van der Waals surface area contributed by atoms with Crippen LogP contribution in [0.15, 0.2) is 39.0 Å². The second kappa shape index (κ2) is 8.14. The van der Waals surface area contributed by atoms with Crippen LogP contribution in [-0.4, -0.2) is 44.2 Å². The summed E-state index contributed by atoms with van der Waals surface area (Å²) in [4.78, 5) is 31.3. The van der Waals surface area contributed by atoms with Gasteiger partial charge in [0.05, 0.1) is 31.4 Å². The van der Waals surface area contributed by atoms with Gasteiger partial charge in [0.2, 0.25) is 5.95 Å². The third kappa shape index (κ3) is 3.48. The van der Waals surface area contributed by atoms with E-state index in [2.05, 4.69) is 10.1 Å². The van der Waals surface area contributed by atoms with Gasteiger partial charge >= 0.3 is 5.69 Å². The number of benzene rings is 1. The van der Waals surface area contributed by atoms with Gasteiger partial charge in [-0.15, -0.1) is 0 Å². The van der Waals surface area contributed by atoms with Gasteiger partial charge in [0.15, 0.2) is 11.2 Å². The van der Waals surface area contributed by atoms with Crippen molar-refractivity contribution in [1.82, 2.24) is 18.7 Å². The Kier molecular flexibility index (Phi) is 5.53. The molecule has 9 nitrogen and oxygen atoms in total. The molecule has 0 spiro atoms. The van der Waals surface area contributed by atoms with Crippen molar-refractivity contribution in [3.8, 4) is 0 Å². The van der Waals surface area contributed by atoms with Crippen molar-refractivity contribution >= 4 is 22.8 Å². The van der Waals surface area contributed by atoms with Gasteiger partial charge in [-0.3, -0.25) is 18.5 Å². The summed E-state index contributed by atoms with van der Waals surface area (Å²) in [5.41, 5.74) is 2.88. The number of rotatable bonds is 6. The summed E-state index contributed by atoms with van der Waals surface area (Å²) in [5.74, 6) is 0.550. The van der Waals surface area contributed by atoms with Gasteiger partial charge in [0, 0.05) is 13.7 Å². The molecule has 1 atom stereocenters. The SMILES string of the molecule is CCOCCN1N=C(C)[C@@H](C)n2c1nc1c2c(=O)n(Cc2ccccc2C)c(=O)n1C. The van der Waals surface area contributed by atoms with Crippen molar-refractivity contribution in [3.05, 3.63) is 56.2 Å². The molecular formula is C22H28N6O3. The van der Waals surface area contributed by atoms with E-state index in [0.29, 0.717) is 36.9 Å². The zero-order chi connectivity index (χ0) is 22.3. The summed E-state index contributed by atoms with van der Waals surface area (Å²) < 4.78 is 10.1. The van der Waals surface area contributed by atoms with Crippen LogP contribution in [0.4, 0.5) is 5.95 Å². The number of aryl methyl sites for hydroxylation is 2. The molecule has 1 aromatic carbocycles. The molecule has 1 aliphatic heterocycles. The Morgan fingerprint density at radius 3 is 2.61 bits per heavy atom. The van der Waals surface area contributed by atoms with E-state index in [9.17, 15) is 9.59 Å². The highest BCUT2D eigenvalue weighted by Gasteiger charge is 2.30. The third-order valence-corrected chi connectivity index (χ3v) is 5.90. The van der Waals surface area contributed by atoms with Gasteiger partial charge in [-0.05, 0) is 38.8 Å². The van der Waals surface area contributed by atoms with Crippen molar-refractivity contribution in [2.24, 2.45) is 12.1 Å². The first-order valence-corrected chi connectivity index (χ1v) is 10.5. The van der Waals surface area contributed by atoms with Crippen LogP contribution in [0.5, 0.6) is 0 Å². The molecule has 3 heterocycles. The number of hydrogen-bond acceptors (Lipinski definition) is 6. The van der Waals surface area contributed by atoms with Crippen molar-refractivity contribution in [2.75, 3.05) is 24.8 Å². The van der Waals surface area contributed by atoms with E-state index in [1.807, 2.05) is 56.5 Å². The molecule has 0 amide bonds. The highest BCUT2D eigenvalue weighted by atomic mass is 16.5. The molecular weight excluding hydrogens is 396 g/mol. The molecule has 0 saturated carbocycles. The average Bonchev–Trinajstić information content (AvgIpc) is 3.16. The zero-order valence-electron chi connectivity index (χ0n) is 18.6. The molecule has 0 N–H and O–H groups in total. The van der Waals surface area contributed by atoms with Crippen LogP contribution in [-0.2, 0) is 18.3 Å². The predicted octanol–water partition coefficient (Wildman–Crippen LogP) is 2.05. The average molecular weight is 425 g/mol. The summed E-state index contributed by atoms with van der Waals surface area (Å²) in [7, 11) is 1.65. The first-order valence-electron chi connectivity index (χ1n) is 10.5. The summed E-state index contributed by atoms with van der Waals surface area (Å²) in [6.07, 6.45) is 0. The molecule has 0 fully saturated rings. The molecule has 2 aromatic heterocycles. The molecule has 0 saturated heterocycles. The van der Waals surface area contributed by atoms with Crippen LogP contribution in [0, 0.1) is 6.92 Å². The van der Waals surface area contributed by atoms with E-state index in [4.69, 9.17) is 4.74 Å². The number of hydrogen-bond donors (Lipinski definition) is 0. The fourth-order valence-corrected chi connectivity index (χ4v) is 3.93. The van der Waals surface area contributed by atoms with E-state index < -0.39 is 0 Å². The lowest BCUT2D eigenvalue weighted by atomic mass is 10.1. The number of fused-ring (bicyclic) bond motifs is 3. The van der Waals surface area contributed by atoms with E-state index in [-0.39, 0.29) is 23.8 Å². The lowest BCUT2D eigenvalue weighted by molar-refractivity contribution is 0.153. The topological polar surface area (TPSA) is 86.7 Å². The second-order valence-corrected chi connectivity index (χ2v) is 7.85. The van der Waals surface area contributed by atoms with Crippen molar-refractivity contribution in [2.45, 2.75) is 40.3 Å². The minimum absolute atomic E-state index is 0.152. The highest BCUT2D eigenvalue weighted by molar-refractivity contribution is 5.91. The fraction of sp³-hybridized carbons (Fsp3) is 0.455. The van der Waals surface area contributed by atoms with Crippen LogP contribution in [0.1, 0.15) is 37.9 Å². The molecule has 0 unspecified atom stereocenters. The van der Waals surface area contributed by atoms with Crippen LogP contribution in [0.3, 0.4) is 0 Å². The normalized spacial score (nSPS) is 16.0. The molecule has 0 radical (unpaired) electrons. The van der Waals surface area contributed by atoms with Crippen molar-refractivity contribution < 1.29 is 4.74 Å². The Morgan fingerprint density at radius 2 is 1.90 bits per heavy atom. The Bertz CT molecular complexity index is 1280. The lowest BCUT2D eigenvalue weighted by Gasteiger charge is -2.29. The molecule has 1 aliphatic rings. The second-order valence-electron chi connectivity index (χ2n) is 7.85. The fourth-order valence-electron chi connectivity index (χ4n) is 3.93. The van der Waals surface area contributed by atoms with E-state index >= 15 is 0 Å². The number of hydrazone groups is 1. The standard InChI is InChI=1S/C22H28N6O3/c1-6-31-12-11-27-21-23-19-18(28(21)16(4)15(3)24-27)20(29)26(22(30)25(19)5)13-17-10-8-7-9-14(17)2/h7-10,16H,6,11-13H2,1-5H3/t16-/m1/s1. The van der Waals surface area contributed by atoms with Gasteiger partial charge < -0.3 is 4.74 Å². The van der Waals surface area contributed by atoms with Crippen LogP contribution in [0.2, 0.25) is 0 Å². The minimum atomic E-state index is -0.387. The van der Waals surface area contributed by atoms with Gasteiger partial charge in [-0.2, -0.15) is 10.1 Å². The first kappa shape index (κ1) is 21.0. The van der Waals surface area contributed by atoms with E-state index in [0.717, 1.165) is 16.8 Å². The number of imidazole rings is 1. The molecule has 0 aliphatic carbocycles. The summed E-state index contributed by atoms with van der Waals surface area (Å²) in [6, 6.07) is 7.61. The number of aromatic nitrogens is 4. The molecule has 0 bridgehead atoms. The maximum absolute atomic E-state index is 13.6. The Balaban J connectivity index is 1.91.